The van der Waals surface area contributed by atoms with Crippen molar-refractivity contribution in [2.75, 3.05) is 0 Å². The molecule has 0 unspecified atom stereocenters. The van der Waals surface area contributed by atoms with Gasteiger partial charge in [-0.1, -0.05) is 24.3 Å². The number of nitro groups is 2. The molecule has 0 aliphatic carbocycles. The SMILES string of the molecule is O=[N+]([O-])c1ccc(CCC=COC=CCCc2ccc([N+](=O)[O-])cc2)cc1. The fourth-order valence-corrected chi connectivity index (χ4v) is 2.36. The molecule has 2 aromatic carbocycles. The van der Waals surface area contributed by atoms with Crippen molar-refractivity contribution in [2.24, 2.45) is 0 Å². The summed E-state index contributed by atoms with van der Waals surface area (Å²) in [6.07, 6.45) is 10.1. The molecule has 0 radical (unpaired) electrons. The first-order valence-corrected chi connectivity index (χ1v) is 8.48. The summed E-state index contributed by atoms with van der Waals surface area (Å²) in [4.78, 5) is 20.3. The molecular formula is C20H20N2O5. The third kappa shape index (κ3) is 7.11. The molecule has 140 valence electrons. The van der Waals surface area contributed by atoms with Gasteiger partial charge >= 0.3 is 0 Å². The molecule has 7 nitrogen and oxygen atoms in total. The van der Waals surface area contributed by atoms with E-state index in [1.54, 1.807) is 36.8 Å². The summed E-state index contributed by atoms with van der Waals surface area (Å²) < 4.78 is 5.27. The van der Waals surface area contributed by atoms with E-state index in [9.17, 15) is 20.2 Å². The summed E-state index contributed by atoms with van der Waals surface area (Å²) in [6, 6.07) is 13.0. The van der Waals surface area contributed by atoms with Crippen LogP contribution in [0.2, 0.25) is 0 Å². The molecule has 2 aromatic rings. The third-order valence-corrected chi connectivity index (χ3v) is 3.84. The summed E-state index contributed by atoms with van der Waals surface area (Å²) in [5.74, 6) is 0. The van der Waals surface area contributed by atoms with Gasteiger partial charge in [0, 0.05) is 24.3 Å². The highest BCUT2D eigenvalue weighted by atomic mass is 16.6. The summed E-state index contributed by atoms with van der Waals surface area (Å²) in [5, 5.41) is 21.2. The average molecular weight is 368 g/mol. The van der Waals surface area contributed by atoms with Crippen LogP contribution in [0, 0.1) is 20.2 Å². The molecule has 0 amide bonds. The van der Waals surface area contributed by atoms with E-state index in [1.807, 2.05) is 12.2 Å². The maximum Gasteiger partial charge on any atom is 0.269 e. The van der Waals surface area contributed by atoms with Gasteiger partial charge in [-0.2, -0.15) is 0 Å². The summed E-state index contributed by atoms with van der Waals surface area (Å²) in [5.41, 5.74) is 2.25. The van der Waals surface area contributed by atoms with Crippen molar-refractivity contribution in [1.29, 1.82) is 0 Å². The van der Waals surface area contributed by atoms with Crippen LogP contribution in [-0.4, -0.2) is 9.85 Å². The lowest BCUT2D eigenvalue weighted by atomic mass is 10.1. The Bertz CT molecular complexity index is 742. The van der Waals surface area contributed by atoms with E-state index in [4.69, 9.17) is 4.74 Å². The fourth-order valence-electron chi connectivity index (χ4n) is 2.36. The molecular weight excluding hydrogens is 348 g/mol. The first-order chi connectivity index (χ1) is 13.1. The van der Waals surface area contributed by atoms with E-state index in [2.05, 4.69) is 0 Å². The second kappa shape index (κ2) is 10.5. The van der Waals surface area contributed by atoms with Crippen molar-refractivity contribution >= 4 is 11.4 Å². The summed E-state index contributed by atoms with van der Waals surface area (Å²) >= 11 is 0. The Morgan fingerprint density at radius 3 is 1.41 bits per heavy atom. The molecule has 0 bridgehead atoms. The van der Waals surface area contributed by atoms with Gasteiger partial charge in [0.1, 0.15) is 0 Å². The monoisotopic (exact) mass is 368 g/mol. The van der Waals surface area contributed by atoms with Crippen LogP contribution >= 0.6 is 0 Å². The molecule has 0 fully saturated rings. The van der Waals surface area contributed by atoms with Gasteiger partial charge in [-0.15, -0.1) is 0 Å². The molecule has 0 aliphatic heterocycles. The summed E-state index contributed by atoms with van der Waals surface area (Å²) in [6.45, 7) is 0. The molecule has 2 rings (SSSR count). The number of nitro benzene ring substituents is 2. The van der Waals surface area contributed by atoms with E-state index >= 15 is 0 Å². The first kappa shape index (κ1) is 19.8. The minimum absolute atomic E-state index is 0.0940. The van der Waals surface area contributed by atoms with Gasteiger partial charge in [0.2, 0.25) is 0 Å². The normalized spacial score (nSPS) is 11.1. The lowest BCUT2D eigenvalue weighted by Gasteiger charge is -1.98. The number of non-ortho nitro benzene ring substituents is 2. The largest absolute Gasteiger partial charge is 0.473 e. The van der Waals surface area contributed by atoms with Crippen molar-refractivity contribution in [1.82, 2.24) is 0 Å². The molecule has 0 saturated carbocycles. The Kier molecular flexibility index (Phi) is 7.71. The van der Waals surface area contributed by atoms with Gasteiger partial charge in [0.25, 0.3) is 11.4 Å². The van der Waals surface area contributed by atoms with Gasteiger partial charge in [-0.25, -0.2) is 0 Å². The maximum absolute atomic E-state index is 10.6. The van der Waals surface area contributed by atoms with Crippen LogP contribution in [0.1, 0.15) is 24.0 Å². The van der Waals surface area contributed by atoms with Gasteiger partial charge in [-0.3, -0.25) is 20.2 Å². The van der Waals surface area contributed by atoms with Crippen molar-refractivity contribution in [3.63, 3.8) is 0 Å². The van der Waals surface area contributed by atoms with Crippen molar-refractivity contribution in [3.05, 3.63) is 105 Å². The fraction of sp³-hybridized carbons (Fsp3) is 0.200. The zero-order chi connectivity index (χ0) is 19.5. The smallest absolute Gasteiger partial charge is 0.269 e. The predicted octanol–water partition coefficient (Wildman–Crippen LogP) is 5.11. The molecule has 0 heterocycles. The summed E-state index contributed by atoms with van der Waals surface area (Å²) in [7, 11) is 0. The molecule has 0 atom stereocenters. The lowest BCUT2D eigenvalue weighted by molar-refractivity contribution is -0.385. The number of benzene rings is 2. The lowest BCUT2D eigenvalue weighted by Crippen LogP contribution is -1.89. The van der Waals surface area contributed by atoms with Crippen LogP contribution in [0.15, 0.2) is 73.2 Å². The van der Waals surface area contributed by atoms with Crippen LogP contribution in [0.5, 0.6) is 0 Å². The van der Waals surface area contributed by atoms with E-state index < -0.39 is 9.85 Å². The van der Waals surface area contributed by atoms with Crippen LogP contribution < -0.4 is 0 Å². The van der Waals surface area contributed by atoms with Crippen LogP contribution in [0.25, 0.3) is 0 Å². The van der Waals surface area contributed by atoms with E-state index in [0.29, 0.717) is 0 Å². The number of ether oxygens (including phenoxy) is 1. The van der Waals surface area contributed by atoms with Crippen molar-refractivity contribution in [3.8, 4) is 0 Å². The van der Waals surface area contributed by atoms with Crippen LogP contribution in [-0.2, 0) is 17.6 Å². The highest BCUT2D eigenvalue weighted by Crippen LogP contribution is 2.14. The number of hydrogen-bond donors (Lipinski definition) is 0. The van der Waals surface area contributed by atoms with E-state index in [-0.39, 0.29) is 11.4 Å². The maximum atomic E-state index is 10.6. The minimum atomic E-state index is -0.411. The Hall–Kier alpha value is -3.48. The average Bonchev–Trinajstić information content (AvgIpc) is 2.67. The Morgan fingerprint density at radius 1 is 0.704 bits per heavy atom. The van der Waals surface area contributed by atoms with Gasteiger partial charge in [0.15, 0.2) is 0 Å². The number of aryl methyl sites for hydroxylation is 2. The second-order valence-corrected chi connectivity index (χ2v) is 5.80. The number of nitrogens with zero attached hydrogens (tertiary/aromatic N) is 2. The first-order valence-electron chi connectivity index (χ1n) is 8.48. The molecule has 0 N–H and O–H groups in total. The minimum Gasteiger partial charge on any atom is -0.473 e. The van der Waals surface area contributed by atoms with Crippen LogP contribution in [0.3, 0.4) is 0 Å². The Morgan fingerprint density at radius 2 is 1.07 bits per heavy atom. The topological polar surface area (TPSA) is 95.5 Å². The second-order valence-electron chi connectivity index (χ2n) is 5.80. The number of hydrogen-bond acceptors (Lipinski definition) is 5. The highest BCUT2D eigenvalue weighted by Gasteiger charge is 2.03. The van der Waals surface area contributed by atoms with Crippen molar-refractivity contribution in [2.45, 2.75) is 25.7 Å². The van der Waals surface area contributed by atoms with E-state index in [0.717, 1.165) is 36.8 Å². The molecule has 27 heavy (non-hydrogen) atoms. The predicted molar refractivity (Wildman–Crippen MR) is 102 cm³/mol. The molecule has 7 heteroatoms. The van der Waals surface area contributed by atoms with Crippen molar-refractivity contribution < 1.29 is 14.6 Å². The van der Waals surface area contributed by atoms with Gasteiger partial charge in [-0.05, 0) is 49.0 Å². The van der Waals surface area contributed by atoms with Crippen LogP contribution in [0.4, 0.5) is 11.4 Å². The zero-order valence-corrected chi connectivity index (χ0v) is 14.7. The number of allylic oxidation sites excluding steroid dienone is 2. The van der Waals surface area contributed by atoms with Gasteiger partial charge < -0.3 is 4.74 Å². The highest BCUT2D eigenvalue weighted by molar-refractivity contribution is 5.33. The Balaban J connectivity index is 1.61. The molecule has 0 saturated heterocycles. The van der Waals surface area contributed by atoms with Gasteiger partial charge in [0.05, 0.1) is 22.4 Å². The zero-order valence-electron chi connectivity index (χ0n) is 14.7. The molecule has 0 spiro atoms. The third-order valence-electron chi connectivity index (χ3n) is 3.84. The Labute approximate surface area is 156 Å². The van der Waals surface area contributed by atoms with E-state index in [1.165, 1.54) is 24.3 Å². The quantitative estimate of drug-likeness (QED) is 0.330. The standard InChI is InChI=1S/C20H20N2O5/c23-21(24)19-11-7-17(8-12-19)5-1-3-15-27-16-4-2-6-18-9-13-20(14-10-18)22(25)26/h3-4,7-16H,1-2,5-6H2. The molecule has 0 aliphatic rings. The number of rotatable bonds is 10. The molecule has 0 aromatic heterocycles.